The third kappa shape index (κ3) is 2.24. The average molecular weight is 291 g/mol. The van der Waals surface area contributed by atoms with Crippen LogP contribution in [0, 0.1) is 20.2 Å². The smallest absolute Gasteiger partial charge is 0.331 e. The zero-order chi connectivity index (χ0) is 15.0. The van der Waals surface area contributed by atoms with Crippen LogP contribution in [-0.2, 0) is 6.42 Å². The molecular weight excluding hydrogens is 282 g/mol. The van der Waals surface area contributed by atoms with Gasteiger partial charge in [-0.25, -0.2) is 4.98 Å². The number of ether oxygens (including phenoxy) is 2. The van der Waals surface area contributed by atoms with Crippen LogP contribution in [0.2, 0.25) is 0 Å². The highest BCUT2D eigenvalue weighted by molar-refractivity contribution is 5.54. The SMILES string of the molecule is O=[N+]([O-])c1c[nH]c([N+](=O)[O-])c1Cc1ccc2c(c1)OCO2. The molecule has 1 aliphatic heterocycles. The van der Waals surface area contributed by atoms with Crippen molar-refractivity contribution in [1.29, 1.82) is 0 Å². The number of hydrogen-bond acceptors (Lipinski definition) is 6. The molecule has 1 aromatic heterocycles. The lowest BCUT2D eigenvalue weighted by Gasteiger charge is -2.02. The summed E-state index contributed by atoms with van der Waals surface area (Å²) >= 11 is 0. The van der Waals surface area contributed by atoms with Crippen LogP contribution in [0.1, 0.15) is 11.1 Å². The van der Waals surface area contributed by atoms with Crippen molar-refractivity contribution >= 4 is 11.5 Å². The topological polar surface area (TPSA) is 121 Å². The van der Waals surface area contributed by atoms with E-state index in [-0.39, 0.29) is 30.3 Å². The number of benzene rings is 1. The van der Waals surface area contributed by atoms with Gasteiger partial charge in [0.1, 0.15) is 5.56 Å². The summed E-state index contributed by atoms with van der Waals surface area (Å²) < 4.78 is 10.4. The van der Waals surface area contributed by atoms with Gasteiger partial charge in [0.15, 0.2) is 17.7 Å². The second kappa shape index (κ2) is 4.78. The van der Waals surface area contributed by atoms with Crippen molar-refractivity contribution in [2.45, 2.75) is 6.42 Å². The summed E-state index contributed by atoms with van der Waals surface area (Å²) in [7, 11) is 0. The predicted octanol–water partition coefficient (Wildman–Crippen LogP) is 2.15. The van der Waals surface area contributed by atoms with E-state index in [0.29, 0.717) is 17.1 Å². The Balaban J connectivity index is 1.99. The average Bonchev–Trinajstić information content (AvgIpc) is 3.04. The lowest BCUT2D eigenvalue weighted by molar-refractivity contribution is -0.394. The van der Waals surface area contributed by atoms with E-state index in [1.165, 1.54) is 0 Å². The number of nitrogens with zero attached hydrogens (tertiary/aromatic N) is 2. The third-order valence-electron chi connectivity index (χ3n) is 3.14. The van der Waals surface area contributed by atoms with Gasteiger partial charge in [-0.2, -0.15) is 0 Å². The highest BCUT2D eigenvalue weighted by atomic mass is 16.7. The lowest BCUT2D eigenvalue weighted by atomic mass is 10.1. The van der Waals surface area contributed by atoms with E-state index in [1.54, 1.807) is 18.2 Å². The first-order chi connectivity index (χ1) is 10.1. The highest BCUT2D eigenvalue weighted by Crippen LogP contribution is 2.35. The molecule has 108 valence electrons. The summed E-state index contributed by atoms with van der Waals surface area (Å²) in [6.45, 7) is 0.114. The zero-order valence-corrected chi connectivity index (χ0v) is 10.6. The molecule has 1 N–H and O–H groups in total. The van der Waals surface area contributed by atoms with Crippen LogP contribution >= 0.6 is 0 Å². The third-order valence-corrected chi connectivity index (χ3v) is 3.14. The van der Waals surface area contributed by atoms with Gasteiger partial charge in [0.2, 0.25) is 6.79 Å². The Morgan fingerprint density at radius 1 is 1.14 bits per heavy atom. The van der Waals surface area contributed by atoms with Crippen molar-refractivity contribution in [3.05, 3.63) is 55.8 Å². The van der Waals surface area contributed by atoms with E-state index in [4.69, 9.17) is 9.47 Å². The molecule has 0 amide bonds. The van der Waals surface area contributed by atoms with Crippen LogP contribution in [0.25, 0.3) is 0 Å². The molecule has 0 saturated heterocycles. The first kappa shape index (κ1) is 12.9. The number of nitro groups is 2. The molecule has 9 heteroatoms. The first-order valence-electron chi connectivity index (χ1n) is 5.94. The van der Waals surface area contributed by atoms with Gasteiger partial charge in [-0.1, -0.05) is 6.07 Å². The minimum Gasteiger partial charge on any atom is -0.454 e. The predicted molar refractivity (Wildman–Crippen MR) is 69.5 cm³/mol. The van der Waals surface area contributed by atoms with E-state index in [1.807, 2.05) is 0 Å². The van der Waals surface area contributed by atoms with Crippen LogP contribution in [-0.4, -0.2) is 21.6 Å². The van der Waals surface area contributed by atoms with E-state index in [0.717, 1.165) is 6.20 Å². The van der Waals surface area contributed by atoms with Crippen LogP contribution in [0.15, 0.2) is 24.4 Å². The summed E-state index contributed by atoms with van der Waals surface area (Å²) in [4.78, 5) is 22.9. The molecule has 0 bridgehead atoms. The molecule has 0 aliphatic carbocycles. The quantitative estimate of drug-likeness (QED) is 0.680. The summed E-state index contributed by atoms with van der Waals surface area (Å²) in [6.07, 6.45) is 1.08. The zero-order valence-electron chi connectivity index (χ0n) is 10.6. The summed E-state index contributed by atoms with van der Waals surface area (Å²) in [5.41, 5.74) is 0.383. The highest BCUT2D eigenvalue weighted by Gasteiger charge is 2.28. The van der Waals surface area contributed by atoms with Crippen molar-refractivity contribution in [2.24, 2.45) is 0 Å². The van der Waals surface area contributed by atoms with E-state index in [2.05, 4.69) is 4.98 Å². The molecule has 9 nitrogen and oxygen atoms in total. The lowest BCUT2D eigenvalue weighted by Crippen LogP contribution is -1.98. The van der Waals surface area contributed by atoms with Crippen molar-refractivity contribution in [3.8, 4) is 11.5 Å². The fourth-order valence-electron chi connectivity index (χ4n) is 2.19. The number of hydrogen-bond donors (Lipinski definition) is 1. The molecule has 0 radical (unpaired) electrons. The van der Waals surface area contributed by atoms with Gasteiger partial charge in [-0.15, -0.1) is 0 Å². The summed E-state index contributed by atoms with van der Waals surface area (Å²) in [5.74, 6) is 0.726. The maximum absolute atomic E-state index is 11.0. The molecule has 0 saturated carbocycles. The molecule has 2 aromatic rings. The molecule has 0 atom stereocenters. The molecule has 3 rings (SSSR count). The standard InChI is InChI=1S/C12H9N3O6/c16-14(17)9-5-13-12(15(18)19)8(9)3-7-1-2-10-11(4-7)21-6-20-10/h1-2,4-5,13H,3,6H2. The normalized spacial score (nSPS) is 12.4. The number of aromatic amines is 1. The van der Waals surface area contributed by atoms with Gasteiger partial charge >= 0.3 is 11.5 Å². The second-order valence-electron chi connectivity index (χ2n) is 4.38. The Hall–Kier alpha value is -3.10. The van der Waals surface area contributed by atoms with Crippen LogP contribution in [0.5, 0.6) is 11.5 Å². The molecule has 2 heterocycles. The van der Waals surface area contributed by atoms with Crippen molar-refractivity contribution in [3.63, 3.8) is 0 Å². The minimum absolute atomic E-state index is 0.0314. The monoisotopic (exact) mass is 291 g/mol. The Morgan fingerprint density at radius 3 is 2.62 bits per heavy atom. The molecule has 1 aliphatic rings. The van der Waals surface area contributed by atoms with Gasteiger partial charge in [0, 0.05) is 6.42 Å². The van der Waals surface area contributed by atoms with Crippen LogP contribution < -0.4 is 9.47 Å². The minimum atomic E-state index is -0.671. The Bertz CT molecular complexity index is 707. The maximum atomic E-state index is 11.0. The van der Waals surface area contributed by atoms with E-state index in [9.17, 15) is 20.2 Å². The largest absolute Gasteiger partial charge is 0.454 e. The van der Waals surface area contributed by atoms with Gasteiger partial charge in [-0.3, -0.25) is 10.1 Å². The maximum Gasteiger partial charge on any atom is 0.331 e. The van der Waals surface area contributed by atoms with E-state index >= 15 is 0 Å². The van der Waals surface area contributed by atoms with Crippen molar-refractivity contribution < 1.29 is 19.3 Å². The van der Waals surface area contributed by atoms with Crippen molar-refractivity contribution in [2.75, 3.05) is 6.79 Å². The van der Waals surface area contributed by atoms with Gasteiger partial charge in [-0.05, 0) is 22.6 Å². The Labute approximate surface area is 117 Å². The first-order valence-corrected chi connectivity index (χ1v) is 5.94. The molecule has 1 aromatic carbocycles. The van der Waals surface area contributed by atoms with Gasteiger partial charge in [0.05, 0.1) is 4.92 Å². The molecule has 21 heavy (non-hydrogen) atoms. The summed E-state index contributed by atoms with van der Waals surface area (Å²) in [6, 6.07) is 5.01. The van der Waals surface area contributed by atoms with Crippen molar-refractivity contribution in [1.82, 2.24) is 4.98 Å². The Kier molecular flexibility index (Phi) is 2.94. The molecule has 0 unspecified atom stereocenters. The van der Waals surface area contributed by atoms with Crippen LogP contribution in [0.4, 0.5) is 11.5 Å². The van der Waals surface area contributed by atoms with Crippen LogP contribution in [0.3, 0.4) is 0 Å². The molecule has 0 spiro atoms. The number of H-pyrrole nitrogens is 1. The number of aromatic nitrogens is 1. The molecular formula is C12H9N3O6. The number of rotatable bonds is 4. The number of nitrogens with one attached hydrogen (secondary N) is 1. The fraction of sp³-hybridized carbons (Fsp3) is 0.167. The second-order valence-corrected chi connectivity index (χ2v) is 4.38. The Morgan fingerprint density at radius 2 is 1.90 bits per heavy atom. The molecule has 0 fully saturated rings. The fourth-order valence-corrected chi connectivity index (χ4v) is 2.19. The number of fused-ring (bicyclic) bond motifs is 1. The summed E-state index contributed by atoms with van der Waals surface area (Å²) in [5, 5.41) is 21.9. The van der Waals surface area contributed by atoms with Gasteiger partial charge in [0.25, 0.3) is 0 Å². The van der Waals surface area contributed by atoms with Gasteiger partial charge < -0.3 is 19.6 Å². The van der Waals surface area contributed by atoms with E-state index < -0.39 is 9.85 Å².